The third-order valence-electron chi connectivity index (χ3n) is 9.09. The van der Waals surface area contributed by atoms with Crippen molar-refractivity contribution in [2.45, 2.75) is 24.7 Å². The van der Waals surface area contributed by atoms with E-state index in [2.05, 4.69) is 146 Å². The molecule has 8 rings (SSSR count). The molecule has 2 unspecified atom stereocenters. The van der Waals surface area contributed by atoms with Crippen LogP contribution in [0.3, 0.4) is 0 Å². The number of rotatable bonds is 3. The Morgan fingerprint density at radius 3 is 1.10 bits per heavy atom. The highest BCUT2D eigenvalue weighted by molar-refractivity contribution is 5.76. The van der Waals surface area contributed by atoms with Gasteiger partial charge in [0.2, 0.25) is 0 Å². The van der Waals surface area contributed by atoms with Crippen molar-refractivity contribution in [1.82, 2.24) is 0 Å². The van der Waals surface area contributed by atoms with Gasteiger partial charge in [0.1, 0.15) is 0 Å². The molecule has 6 aromatic rings. The summed E-state index contributed by atoms with van der Waals surface area (Å²) in [5.41, 5.74) is 16.6. The largest absolute Gasteiger partial charge is 0.0620 e. The highest BCUT2D eigenvalue weighted by Gasteiger charge is 2.26. The van der Waals surface area contributed by atoms with Crippen LogP contribution in [0, 0.1) is 0 Å². The lowest BCUT2D eigenvalue weighted by molar-refractivity contribution is 0.793. The first-order valence-electron chi connectivity index (χ1n) is 14.4. The van der Waals surface area contributed by atoms with Crippen LogP contribution >= 0.6 is 0 Å². The quantitative estimate of drug-likeness (QED) is 0.222. The second-order valence-electron chi connectivity index (χ2n) is 11.2. The van der Waals surface area contributed by atoms with Gasteiger partial charge in [-0.25, -0.2) is 0 Å². The molecule has 190 valence electrons. The number of fused-ring (bicyclic) bond motifs is 6. The third-order valence-corrected chi connectivity index (χ3v) is 9.09. The van der Waals surface area contributed by atoms with E-state index in [0.29, 0.717) is 11.8 Å². The Morgan fingerprint density at radius 1 is 0.325 bits per heavy atom. The molecule has 0 saturated heterocycles. The minimum Gasteiger partial charge on any atom is -0.0620 e. The van der Waals surface area contributed by atoms with E-state index in [1.54, 1.807) is 0 Å². The van der Waals surface area contributed by atoms with Crippen molar-refractivity contribution < 1.29 is 0 Å². The zero-order valence-corrected chi connectivity index (χ0v) is 22.4. The van der Waals surface area contributed by atoms with Crippen molar-refractivity contribution in [3.8, 4) is 33.4 Å². The maximum atomic E-state index is 2.34. The molecule has 40 heavy (non-hydrogen) atoms. The van der Waals surface area contributed by atoms with Crippen LogP contribution in [0.2, 0.25) is 0 Å². The van der Waals surface area contributed by atoms with Crippen LogP contribution in [0.5, 0.6) is 0 Å². The molecule has 2 aliphatic rings. The summed E-state index contributed by atoms with van der Waals surface area (Å²) in [6, 6.07) is 54.2. The Morgan fingerprint density at radius 2 is 0.675 bits per heavy atom. The predicted octanol–water partition coefficient (Wildman–Crippen LogP) is 10.1. The second-order valence-corrected chi connectivity index (χ2v) is 11.2. The molecule has 0 amide bonds. The third kappa shape index (κ3) is 3.83. The molecule has 2 aliphatic carbocycles. The lowest BCUT2D eigenvalue weighted by Gasteiger charge is -2.28. The average Bonchev–Trinajstić information content (AvgIpc) is 3.04. The maximum absolute atomic E-state index is 2.34. The molecule has 0 spiro atoms. The van der Waals surface area contributed by atoms with Crippen molar-refractivity contribution in [1.29, 1.82) is 0 Å². The Hall–Kier alpha value is -4.68. The summed E-state index contributed by atoms with van der Waals surface area (Å²) in [6.45, 7) is 0. The van der Waals surface area contributed by atoms with E-state index >= 15 is 0 Å². The van der Waals surface area contributed by atoms with Crippen molar-refractivity contribution in [3.63, 3.8) is 0 Å². The number of hydrogen-bond acceptors (Lipinski definition) is 0. The highest BCUT2D eigenvalue weighted by atomic mass is 14.3. The van der Waals surface area contributed by atoms with Crippen LogP contribution in [0.1, 0.15) is 45.2 Å². The summed E-state index contributed by atoms with van der Waals surface area (Å²) in [4.78, 5) is 0. The molecular weight excluding hydrogens is 480 g/mol. The van der Waals surface area contributed by atoms with Crippen molar-refractivity contribution in [3.05, 3.63) is 179 Å². The van der Waals surface area contributed by atoms with Gasteiger partial charge in [-0.3, -0.25) is 0 Å². The Bertz CT molecular complexity index is 1700. The minimum atomic E-state index is 0.386. The maximum Gasteiger partial charge on any atom is 0.0136 e. The Kier molecular flexibility index (Phi) is 5.52. The molecular formula is C40H30. The van der Waals surface area contributed by atoms with E-state index in [-0.39, 0.29) is 0 Å². The second kappa shape index (κ2) is 9.50. The summed E-state index contributed by atoms with van der Waals surface area (Å²) in [7, 11) is 0. The SMILES string of the molecule is c1ccc2c(c1)CC(c1ccc(-c3ccc(C4Cc5ccccc5-c5ccccc54)cc3)cc1)c1ccccc1-2. The molecule has 0 heterocycles. The smallest absolute Gasteiger partial charge is 0.0136 e. The van der Waals surface area contributed by atoms with E-state index in [4.69, 9.17) is 0 Å². The topological polar surface area (TPSA) is 0 Å². The zero-order chi connectivity index (χ0) is 26.5. The molecule has 0 radical (unpaired) electrons. The molecule has 0 N–H and O–H groups in total. The fourth-order valence-electron chi connectivity index (χ4n) is 7.08. The fraction of sp³-hybridized carbons (Fsp3) is 0.100. The number of benzene rings is 6. The first-order valence-corrected chi connectivity index (χ1v) is 14.4. The first kappa shape index (κ1) is 23.2. The summed E-state index contributed by atoms with van der Waals surface area (Å²) in [5.74, 6) is 0.772. The van der Waals surface area contributed by atoms with Crippen molar-refractivity contribution in [2.75, 3.05) is 0 Å². The first-order chi connectivity index (χ1) is 19.8. The Labute approximate surface area is 236 Å². The van der Waals surface area contributed by atoms with Crippen LogP contribution < -0.4 is 0 Å². The van der Waals surface area contributed by atoms with Gasteiger partial charge < -0.3 is 0 Å². The molecule has 0 bridgehead atoms. The zero-order valence-electron chi connectivity index (χ0n) is 22.4. The van der Waals surface area contributed by atoms with E-state index < -0.39 is 0 Å². The van der Waals surface area contributed by atoms with E-state index in [0.717, 1.165) is 12.8 Å². The van der Waals surface area contributed by atoms with Crippen LogP contribution in [0.25, 0.3) is 33.4 Å². The lowest BCUT2D eigenvalue weighted by atomic mass is 9.75. The van der Waals surface area contributed by atoms with Gasteiger partial charge in [0, 0.05) is 11.8 Å². The Balaban J connectivity index is 1.08. The molecule has 2 atom stereocenters. The van der Waals surface area contributed by atoms with Gasteiger partial charge in [0.15, 0.2) is 0 Å². The van der Waals surface area contributed by atoms with Gasteiger partial charge in [-0.1, -0.05) is 146 Å². The van der Waals surface area contributed by atoms with Crippen molar-refractivity contribution >= 4 is 0 Å². The van der Waals surface area contributed by atoms with Gasteiger partial charge >= 0.3 is 0 Å². The van der Waals surface area contributed by atoms with Gasteiger partial charge in [-0.2, -0.15) is 0 Å². The summed E-state index contributed by atoms with van der Waals surface area (Å²) >= 11 is 0. The van der Waals surface area contributed by atoms with Gasteiger partial charge in [-0.05, 0) is 79.6 Å². The summed E-state index contributed by atoms with van der Waals surface area (Å²) in [6.07, 6.45) is 2.10. The molecule has 6 aromatic carbocycles. The molecule has 0 aliphatic heterocycles. The molecule has 0 nitrogen and oxygen atoms in total. The van der Waals surface area contributed by atoms with E-state index in [1.165, 1.54) is 66.8 Å². The van der Waals surface area contributed by atoms with Crippen LogP contribution in [0.15, 0.2) is 146 Å². The molecule has 0 fully saturated rings. The summed E-state index contributed by atoms with van der Waals surface area (Å²) < 4.78 is 0. The van der Waals surface area contributed by atoms with Crippen molar-refractivity contribution in [2.24, 2.45) is 0 Å². The van der Waals surface area contributed by atoms with Crippen LogP contribution in [0.4, 0.5) is 0 Å². The number of hydrogen-bond donors (Lipinski definition) is 0. The highest BCUT2D eigenvalue weighted by Crippen LogP contribution is 2.44. The van der Waals surface area contributed by atoms with Gasteiger partial charge in [-0.15, -0.1) is 0 Å². The average molecular weight is 511 g/mol. The molecule has 0 aromatic heterocycles. The lowest BCUT2D eigenvalue weighted by Crippen LogP contribution is -2.12. The predicted molar refractivity (Wildman–Crippen MR) is 167 cm³/mol. The molecule has 0 heteroatoms. The van der Waals surface area contributed by atoms with Gasteiger partial charge in [0.05, 0.1) is 0 Å². The summed E-state index contributed by atoms with van der Waals surface area (Å²) in [5, 5.41) is 0. The van der Waals surface area contributed by atoms with Crippen LogP contribution in [-0.4, -0.2) is 0 Å². The van der Waals surface area contributed by atoms with E-state index in [9.17, 15) is 0 Å². The van der Waals surface area contributed by atoms with Gasteiger partial charge in [0.25, 0.3) is 0 Å². The normalized spacial score (nSPS) is 16.8. The van der Waals surface area contributed by atoms with Crippen LogP contribution in [-0.2, 0) is 12.8 Å². The standard InChI is InChI=1S/C40H30/c1-3-11-33-31(9-1)25-39(37-15-7-5-13-35(33)37)29-21-17-27(18-22-29)28-19-23-30(24-20-28)40-26-32-10-2-4-12-34(32)36-14-6-8-16-38(36)40/h1-24,39-40H,25-26H2. The fourth-order valence-corrected chi connectivity index (χ4v) is 7.08. The minimum absolute atomic E-state index is 0.386. The molecule has 0 saturated carbocycles. The monoisotopic (exact) mass is 510 g/mol. The van der Waals surface area contributed by atoms with E-state index in [1.807, 2.05) is 0 Å².